The Kier molecular flexibility index (Phi) is 9.60. The first-order valence-electron chi connectivity index (χ1n) is 13.0. The number of rotatable bonds is 12. The van der Waals surface area contributed by atoms with Gasteiger partial charge >= 0.3 is 217 Å². The summed E-state index contributed by atoms with van der Waals surface area (Å²) in [6, 6.07) is 27.7. The summed E-state index contributed by atoms with van der Waals surface area (Å²) >= 11 is 2.91. The van der Waals surface area contributed by atoms with Crippen LogP contribution in [0.1, 0.15) is 76.0 Å². The van der Waals surface area contributed by atoms with E-state index in [9.17, 15) is 0 Å². The van der Waals surface area contributed by atoms with Gasteiger partial charge in [-0.1, -0.05) is 0 Å². The number of benzene rings is 3. The van der Waals surface area contributed by atoms with Crippen molar-refractivity contribution in [1.29, 1.82) is 0 Å². The van der Waals surface area contributed by atoms with E-state index in [1.165, 1.54) is 68.4 Å². The Hall–Kier alpha value is -1.18. The molecular weight excluding hydrogens is 530 g/mol. The van der Waals surface area contributed by atoms with E-state index in [4.69, 9.17) is 0 Å². The predicted molar refractivity (Wildman–Crippen MR) is 161 cm³/mol. The van der Waals surface area contributed by atoms with Crippen molar-refractivity contribution in [3.8, 4) is 0 Å². The van der Waals surface area contributed by atoms with Gasteiger partial charge in [0, 0.05) is 0 Å². The van der Waals surface area contributed by atoms with Gasteiger partial charge in [-0.05, 0) is 0 Å². The number of unbranched alkanes of at least 4 members (excludes halogenated alkanes) is 3. The van der Waals surface area contributed by atoms with Gasteiger partial charge in [0.05, 0.1) is 0 Å². The van der Waals surface area contributed by atoms with Gasteiger partial charge in [0.1, 0.15) is 0 Å². The Morgan fingerprint density at radius 1 is 0.576 bits per heavy atom. The molecule has 0 saturated carbocycles. The average molecular weight is 573 g/mol. The minimum absolute atomic E-state index is 1.19. The van der Waals surface area contributed by atoms with Gasteiger partial charge in [-0.25, -0.2) is 0 Å². The summed E-state index contributed by atoms with van der Waals surface area (Å²) in [6.07, 6.45) is 11.2. The minimum atomic E-state index is -2.64. The van der Waals surface area contributed by atoms with Crippen LogP contribution in [0.3, 0.4) is 0 Å². The zero-order chi connectivity index (χ0) is 23.8. The van der Waals surface area contributed by atoms with Crippen molar-refractivity contribution in [3.05, 3.63) is 89.5 Å². The van der Waals surface area contributed by atoms with Crippen LogP contribution < -0.4 is 15.9 Å². The summed E-state index contributed by atoms with van der Waals surface area (Å²) in [5.41, 5.74) is 4.95. The zero-order valence-corrected chi connectivity index (χ0v) is 24.2. The molecule has 3 rings (SSSR count). The van der Waals surface area contributed by atoms with Crippen LogP contribution in [0.25, 0.3) is 0 Å². The first kappa shape index (κ1) is 26.4. The molecule has 3 aromatic rings. The molecule has 0 amide bonds. The van der Waals surface area contributed by atoms with Crippen molar-refractivity contribution in [2.24, 2.45) is 0 Å². The number of aryl methyl sites for hydroxylation is 1. The SMILES string of the molecule is CCCCc1ccc(P(C)(I)(c2ccccc2)c2ccccc2)c(CCCC)c1CCCC. The Balaban J connectivity index is 2.36. The number of halogens is 1. The molecule has 0 atom stereocenters. The Morgan fingerprint density at radius 3 is 1.52 bits per heavy atom. The van der Waals surface area contributed by atoms with Crippen molar-refractivity contribution in [3.63, 3.8) is 0 Å². The molecule has 3 aromatic carbocycles. The molecular formula is C31H42IP. The van der Waals surface area contributed by atoms with Gasteiger partial charge in [0.2, 0.25) is 0 Å². The summed E-state index contributed by atoms with van der Waals surface area (Å²) in [7, 11) is 0. The summed E-state index contributed by atoms with van der Waals surface area (Å²) < 4.78 is -2.64. The summed E-state index contributed by atoms with van der Waals surface area (Å²) in [6.45, 7) is 9.55. The molecule has 0 spiro atoms. The molecule has 0 aromatic heterocycles. The molecule has 0 bridgehead atoms. The molecule has 0 N–H and O–H groups in total. The topological polar surface area (TPSA) is 0 Å². The second-order valence-electron chi connectivity index (χ2n) is 9.61. The molecule has 0 heterocycles. The molecule has 0 unspecified atom stereocenters. The number of hydrogen-bond donors (Lipinski definition) is 0. The fourth-order valence-electron chi connectivity index (χ4n) is 5.12. The average Bonchev–Trinajstić information content (AvgIpc) is 2.86. The quantitative estimate of drug-likeness (QED) is 0.151. The third kappa shape index (κ3) is 5.57. The molecule has 0 nitrogen and oxygen atoms in total. The summed E-state index contributed by atoms with van der Waals surface area (Å²) in [5.74, 6) is 0. The van der Waals surface area contributed by atoms with Crippen LogP contribution in [0.2, 0.25) is 0 Å². The van der Waals surface area contributed by atoms with Crippen molar-refractivity contribution in [2.45, 2.75) is 78.6 Å². The molecule has 0 aliphatic heterocycles. The monoisotopic (exact) mass is 572 g/mol. The van der Waals surface area contributed by atoms with Crippen molar-refractivity contribution >= 4 is 42.2 Å². The van der Waals surface area contributed by atoms with E-state index in [2.05, 4.69) is 122 Å². The molecule has 2 heteroatoms. The molecule has 0 aliphatic carbocycles. The summed E-state index contributed by atoms with van der Waals surface area (Å²) in [4.78, 5) is 0. The van der Waals surface area contributed by atoms with Gasteiger partial charge in [-0.2, -0.15) is 0 Å². The van der Waals surface area contributed by atoms with Crippen molar-refractivity contribution in [2.75, 3.05) is 6.66 Å². The molecule has 0 aliphatic rings. The maximum absolute atomic E-state index is 2.91. The van der Waals surface area contributed by atoms with Crippen LogP contribution in [0.15, 0.2) is 72.8 Å². The van der Waals surface area contributed by atoms with Crippen molar-refractivity contribution < 1.29 is 0 Å². The fourth-order valence-corrected chi connectivity index (χ4v) is 12.3. The molecule has 0 fully saturated rings. The van der Waals surface area contributed by atoms with Crippen LogP contribution in [0, 0.1) is 0 Å². The van der Waals surface area contributed by atoms with E-state index in [1.807, 2.05) is 0 Å². The van der Waals surface area contributed by atoms with Gasteiger partial charge < -0.3 is 0 Å². The van der Waals surface area contributed by atoms with Gasteiger partial charge in [-0.3, -0.25) is 0 Å². The molecule has 178 valence electrons. The van der Waals surface area contributed by atoms with E-state index in [0.717, 1.165) is 0 Å². The molecule has 33 heavy (non-hydrogen) atoms. The fraction of sp³-hybridized carbons (Fsp3) is 0.419. The molecule has 0 radical (unpaired) electrons. The van der Waals surface area contributed by atoms with Gasteiger partial charge in [-0.15, -0.1) is 0 Å². The standard InChI is InChI=1S/C31H42IP/c1-5-8-17-26-24-25-31(30(23-10-7-3)29(26)22-9-6-2)33(4,32,27-18-13-11-14-19-27)28-20-15-12-16-21-28/h11-16,18-21,24-25H,5-10,17,22-23H2,1-4H3. The second-order valence-corrected chi connectivity index (χ2v) is 21.2. The zero-order valence-electron chi connectivity index (χ0n) is 21.1. The van der Waals surface area contributed by atoms with E-state index >= 15 is 0 Å². The third-order valence-electron chi connectivity index (χ3n) is 7.18. The van der Waals surface area contributed by atoms with E-state index in [0.29, 0.717) is 0 Å². The second kappa shape index (κ2) is 12.0. The summed E-state index contributed by atoms with van der Waals surface area (Å²) in [5, 5.41) is 4.57. The maximum atomic E-state index is 2.91. The van der Waals surface area contributed by atoms with Crippen LogP contribution >= 0.6 is 26.3 Å². The van der Waals surface area contributed by atoms with Crippen molar-refractivity contribution in [1.82, 2.24) is 0 Å². The number of hydrogen-bond acceptors (Lipinski definition) is 0. The Labute approximate surface area is 216 Å². The first-order valence-corrected chi connectivity index (χ1v) is 18.4. The van der Waals surface area contributed by atoms with E-state index in [-0.39, 0.29) is 0 Å². The normalized spacial score (nSPS) is 12.9. The Morgan fingerprint density at radius 2 is 1.03 bits per heavy atom. The van der Waals surface area contributed by atoms with Crippen LogP contribution in [-0.4, -0.2) is 6.66 Å². The predicted octanol–water partition coefficient (Wildman–Crippen LogP) is 8.52. The van der Waals surface area contributed by atoms with E-state index in [1.54, 1.807) is 22.0 Å². The van der Waals surface area contributed by atoms with Crippen LogP contribution in [0.4, 0.5) is 0 Å². The van der Waals surface area contributed by atoms with Gasteiger partial charge in [0.25, 0.3) is 0 Å². The molecule has 0 saturated heterocycles. The van der Waals surface area contributed by atoms with E-state index < -0.39 is 4.25 Å². The van der Waals surface area contributed by atoms with Crippen LogP contribution in [0.5, 0.6) is 0 Å². The Bertz CT molecular complexity index is 964. The van der Waals surface area contributed by atoms with Crippen LogP contribution in [-0.2, 0) is 19.3 Å². The first-order chi connectivity index (χ1) is 16.0. The third-order valence-corrected chi connectivity index (χ3v) is 16.7. The van der Waals surface area contributed by atoms with Gasteiger partial charge in [0.15, 0.2) is 0 Å².